The fraction of sp³-hybridized carbons (Fsp3) is 0.600. The van der Waals surface area contributed by atoms with E-state index in [1.807, 2.05) is 0 Å². The van der Waals surface area contributed by atoms with Gasteiger partial charge in [-0.05, 0) is 20.3 Å². The molecule has 0 aromatic rings. The van der Waals surface area contributed by atoms with Gasteiger partial charge >= 0.3 is 11.9 Å². The predicted octanol–water partition coefficient (Wildman–Crippen LogP) is -3.37. The van der Waals surface area contributed by atoms with Gasteiger partial charge in [-0.25, -0.2) is 4.79 Å². The first kappa shape index (κ1) is 24.8. The fourth-order valence-electron chi connectivity index (χ4n) is 1.92. The Hall–Kier alpha value is -3.22. The number of nitrogens with one attached hydrogen (secondary N) is 3. The number of amides is 4. The normalized spacial score (nSPS) is 14.7. The highest BCUT2D eigenvalue weighted by atomic mass is 16.4. The van der Waals surface area contributed by atoms with E-state index in [1.54, 1.807) is 0 Å². The Labute approximate surface area is 160 Å². The SMILES string of the molecule is CC(NC(=O)C(N)CC(N)=O)C(=O)NC(C)C(=O)NC(CCC(=O)O)C(=O)O. The molecule has 0 bridgehead atoms. The van der Waals surface area contributed by atoms with Gasteiger partial charge in [0.15, 0.2) is 0 Å². The summed E-state index contributed by atoms with van der Waals surface area (Å²) in [5.41, 5.74) is 10.4. The van der Waals surface area contributed by atoms with Crippen molar-refractivity contribution in [2.75, 3.05) is 0 Å². The van der Waals surface area contributed by atoms with Crippen LogP contribution < -0.4 is 27.4 Å². The van der Waals surface area contributed by atoms with Crippen LogP contribution in [0.25, 0.3) is 0 Å². The summed E-state index contributed by atoms with van der Waals surface area (Å²) < 4.78 is 0. The summed E-state index contributed by atoms with van der Waals surface area (Å²) in [6.07, 6.45) is -1.21. The number of primary amides is 1. The third-order valence-corrected chi connectivity index (χ3v) is 3.52. The molecule has 158 valence electrons. The van der Waals surface area contributed by atoms with Crippen LogP contribution in [0.3, 0.4) is 0 Å². The van der Waals surface area contributed by atoms with Crippen LogP contribution in [-0.2, 0) is 28.8 Å². The Morgan fingerprint density at radius 3 is 1.75 bits per heavy atom. The average Bonchev–Trinajstić information content (AvgIpc) is 2.56. The van der Waals surface area contributed by atoms with E-state index in [-0.39, 0.29) is 6.42 Å². The van der Waals surface area contributed by atoms with Crippen molar-refractivity contribution in [3.63, 3.8) is 0 Å². The molecule has 0 aliphatic heterocycles. The van der Waals surface area contributed by atoms with Crippen LogP contribution in [0.5, 0.6) is 0 Å². The zero-order valence-corrected chi connectivity index (χ0v) is 15.4. The molecule has 0 saturated heterocycles. The van der Waals surface area contributed by atoms with Gasteiger partial charge in [0.05, 0.1) is 12.5 Å². The van der Waals surface area contributed by atoms with E-state index >= 15 is 0 Å². The van der Waals surface area contributed by atoms with Crippen molar-refractivity contribution in [2.45, 2.75) is 57.3 Å². The lowest BCUT2D eigenvalue weighted by atomic mass is 10.1. The second kappa shape index (κ2) is 11.5. The number of hydrogen-bond donors (Lipinski definition) is 7. The molecule has 0 aliphatic rings. The summed E-state index contributed by atoms with van der Waals surface area (Å²) in [4.78, 5) is 68.1. The lowest BCUT2D eigenvalue weighted by Crippen LogP contribution is -2.55. The molecule has 0 radical (unpaired) electrons. The van der Waals surface area contributed by atoms with Gasteiger partial charge < -0.3 is 37.6 Å². The molecule has 4 atom stereocenters. The highest BCUT2D eigenvalue weighted by Gasteiger charge is 2.27. The summed E-state index contributed by atoms with van der Waals surface area (Å²) in [5, 5.41) is 24.2. The van der Waals surface area contributed by atoms with Crippen LogP contribution >= 0.6 is 0 Å². The standard InChI is InChI=1S/C15H25N5O8/c1-6(19-14(26)8(16)5-10(17)21)12(24)18-7(2)13(25)20-9(15(27)28)3-4-11(22)23/h6-9H,3-5,16H2,1-2H3,(H2,17,21)(H,18,24)(H,19,26)(H,20,25)(H,22,23)(H,27,28). The Kier molecular flexibility index (Phi) is 10.2. The van der Waals surface area contributed by atoms with Crippen LogP contribution in [0.4, 0.5) is 0 Å². The second-order valence-electron chi connectivity index (χ2n) is 6.07. The number of carbonyl (C=O) groups excluding carboxylic acids is 4. The van der Waals surface area contributed by atoms with E-state index < -0.39 is 72.6 Å². The summed E-state index contributed by atoms with van der Waals surface area (Å²) >= 11 is 0. The molecule has 4 unspecified atom stereocenters. The van der Waals surface area contributed by atoms with Gasteiger partial charge in [-0.1, -0.05) is 0 Å². The Balaban J connectivity index is 4.66. The first-order valence-electron chi connectivity index (χ1n) is 8.24. The maximum atomic E-state index is 12.0. The molecular formula is C15H25N5O8. The van der Waals surface area contributed by atoms with Gasteiger partial charge in [0.1, 0.15) is 18.1 Å². The molecule has 13 heteroatoms. The van der Waals surface area contributed by atoms with Crippen molar-refractivity contribution in [2.24, 2.45) is 11.5 Å². The van der Waals surface area contributed by atoms with Gasteiger partial charge in [0, 0.05) is 6.42 Å². The molecule has 0 aliphatic carbocycles. The number of rotatable bonds is 12. The Morgan fingerprint density at radius 1 is 0.857 bits per heavy atom. The third-order valence-electron chi connectivity index (χ3n) is 3.52. The van der Waals surface area contributed by atoms with Crippen molar-refractivity contribution in [3.8, 4) is 0 Å². The minimum absolute atomic E-state index is 0.332. The lowest BCUT2D eigenvalue weighted by Gasteiger charge is -2.21. The number of nitrogens with two attached hydrogens (primary N) is 2. The Morgan fingerprint density at radius 2 is 1.32 bits per heavy atom. The number of carboxylic acid groups (broad SMARTS) is 2. The number of carbonyl (C=O) groups is 6. The van der Waals surface area contributed by atoms with Gasteiger partial charge in [-0.15, -0.1) is 0 Å². The largest absolute Gasteiger partial charge is 0.481 e. The van der Waals surface area contributed by atoms with E-state index in [4.69, 9.17) is 21.7 Å². The monoisotopic (exact) mass is 403 g/mol. The van der Waals surface area contributed by atoms with E-state index in [1.165, 1.54) is 13.8 Å². The molecule has 0 spiro atoms. The molecule has 0 rings (SSSR count). The highest BCUT2D eigenvalue weighted by molar-refractivity contribution is 5.94. The Bertz CT molecular complexity index is 638. The first-order valence-corrected chi connectivity index (χ1v) is 8.24. The number of aliphatic carboxylic acids is 2. The van der Waals surface area contributed by atoms with E-state index in [9.17, 15) is 28.8 Å². The lowest BCUT2D eigenvalue weighted by molar-refractivity contribution is -0.143. The molecule has 0 aromatic heterocycles. The molecular weight excluding hydrogens is 378 g/mol. The van der Waals surface area contributed by atoms with Crippen LogP contribution in [-0.4, -0.2) is 69.9 Å². The summed E-state index contributed by atoms with van der Waals surface area (Å²) in [6.45, 7) is 2.58. The van der Waals surface area contributed by atoms with Crippen LogP contribution in [0.1, 0.15) is 33.1 Å². The summed E-state index contributed by atoms with van der Waals surface area (Å²) in [5.74, 6) is -5.84. The molecule has 0 aromatic carbocycles. The molecule has 13 nitrogen and oxygen atoms in total. The molecule has 0 fully saturated rings. The van der Waals surface area contributed by atoms with Gasteiger partial charge in [0.25, 0.3) is 0 Å². The molecule has 9 N–H and O–H groups in total. The van der Waals surface area contributed by atoms with Crippen LogP contribution in [0.2, 0.25) is 0 Å². The van der Waals surface area contributed by atoms with Crippen molar-refractivity contribution in [1.82, 2.24) is 16.0 Å². The van der Waals surface area contributed by atoms with Crippen molar-refractivity contribution in [1.29, 1.82) is 0 Å². The maximum Gasteiger partial charge on any atom is 0.326 e. The molecule has 0 saturated carbocycles. The van der Waals surface area contributed by atoms with Gasteiger partial charge in [0.2, 0.25) is 23.6 Å². The molecule has 4 amide bonds. The number of carboxylic acids is 2. The maximum absolute atomic E-state index is 12.0. The van der Waals surface area contributed by atoms with Crippen LogP contribution in [0.15, 0.2) is 0 Å². The minimum atomic E-state index is -1.44. The van der Waals surface area contributed by atoms with Crippen molar-refractivity contribution < 1.29 is 39.0 Å². The van der Waals surface area contributed by atoms with E-state index in [0.717, 1.165) is 0 Å². The average molecular weight is 403 g/mol. The number of hydrogen-bond acceptors (Lipinski definition) is 7. The predicted molar refractivity (Wildman–Crippen MR) is 93.4 cm³/mol. The summed E-state index contributed by atoms with van der Waals surface area (Å²) in [7, 11) is 0. The van der Waals surface area contributed by atoms with Crippen molar-refractivity contribution >= 4 is 35.6 Å². The molecule has 0 heterocycles. The van der Waals surface area contributed by atoms with E-state index in [2.05, 4.69) is 16.0 Å². The zero-order chi connectivity index (χ0) is 22.0. The van der Waals surface area contributed by atoms with Gasteiger partial charge in [-0.3, -0.25) is 24.0 Å². The third kappa shape index (κ3) is 9.47. The summed E-state index contributed by atoms with van der Waals surface area (Å²) in [6, 6.07) is -4.95. The van der Waals surface area contributed by atoms with E-state index in [0.29, 0.717) is 0 Å². The quantitative estimate of drug-likeness (QED) is 0.172. The topological polar surface area (TPSA) is 231 Å². The van der Waals surface area contributed by atoms with Crippen LogP contribution in [0, 0.1) is 0 Å². The zero-order valence-electron chi connectivity index (χ0n) is 15.4. The smallest absolute Gasteiger partial charge is 0.326 e. The van der Waals surface area contributed by atoms with Gasteiger partial charge in [-0.2, -0.15) is 0 Å². The first-order chi connectivity index (χ1) is 12.8. The second-order valence-corrected chi connectivity index (χ2v) is 6.07. The fourth-order valence-corrected chi connectivity index (χ4v) is 1.92. The van der Waals surface area contributed by atoms with Crippen molar-refractivity contribution in [3.05, 3.63) is 0 Å². The molecule has 28 heavy (non-hydrogen) atoms. The minimum Gasteiger partial charge on any atom is -0.481 e. The highest BCUT2D eigenvalue weighted by Crippen LogP contribution is 1.99.